The summed E-state index contributed by atoms with van der Waals surface area (Å²) in [6.45, 7) is -4.49. The van der Waals surface area contributed by atoms with Crippen LogP contribution in [0.1, 0.15) is 25.7 Å². The van der Waals surface area contributed by atoms with Crippen LogP contribution in [0.25, 0.3) is 0 Å². The molecule has 0 aliphatic rings. The Morgan fingerprint density at radius 1 is 0.229 bits per heavy atom. The molecule has 0 aliphatic carbocycles. The molecular weight excluding hydrogens is 1130 g/mol. The Hall–Kier alpha value is -1.84. The third-order valence-electron chi connectivity index (χ3n) is 8.25. The molecule has 0 bridgehead atoms. The van der Waals surface area contributed by atoms with Crippen LogP contribution < -0.4 is 0 Å². The summed E-state index contributed by atoms with van der Waals surface area (Å²) in [7, 11) is 0. The number of esters is 10. The Morgan fingerprint density at radius 2 is 0.371 bits per heavy atom. The van der Waals surface area contributed by atoms with Crippen molar-refractivity contribution in [1.82, 2.24) is 0 Å². The quantitative estimate of drug-likeness (QED) is 0.0237. The van der Waals surface area contributed by atoms with Crippen molar-refractivity contribution in [2.45, 2.75) is 25.7 Å². The fourth-order valence-electron chi connectivity index (χ4n) is 4.50. The van der Waals surface area contributed by atoms with Gasteiger partial charge in [0.1, 0.15) is 71.5 Å². The van der Waals surface area contributed by atoms with E-state index in [0.29, 0.717) is 0 Å². The lowest BCUT2D eigenvalue weighted by Gasteiger charge is -2.35. The van der Waals surface area contributed by atoms with Crippen LogP contribution in [0.5, 0.6) is 0 Å². The molecule has 0 heterocycles. The topological polar surface area (TPSA) is 272 Å². The van der Waals surface area contributed by atoms with Crippen LogP contribution in [-0.4, -0.2) is 197 Å². The molecule has 21 nitrogen and oxygen atoms in total. The van der Waals surface area contributed by atoms with Gasteiger partial charge in [0.15, 0.2) is 0 Å². The lowest BCUT2D eigenvalue weighted by Crippen LogP contribution is -2.47. The molecule has 0 N–H and O–H groups in total. The van der Waals surface area contributed by atoms with E-state index in [-0.39, 0.29) is 123 Å². The van der Waals surface area contributed by atoms with E-state index in [0.717, 1.165) is 0 Å². The minimum atomic E-state index is -1.44. The summed E-state index contributed by atoms with van der Waals surface area (Å²) < 4.78 is 58.0. The van der Waals surface area contributed by atoms with E-state index in [1.807, 2.05) is 0 Å². The molecule has 31 heteroatoms. The highest BCUT2D eigenvalue weighted by molar-refractivity contribution is 7.82. The lowest BCUT2D eigenvalue weighted by atomic mass is 9.90. The van der Waals surface area contributed by atoms with E-state index in [4.69, 9.17) is 52.1 Å². The molecule has 0 rings (SSSR count). The second-order valence-corrected chi connectivity index (χ2v) is 18.1. The van der Waals surface area contributed by atoms with E-state index in [1.54, 1.807) is 0 Å². The van der Waals surface area contributed by atoms with Gasteiger partial charge in [-0.2, -0.15) is 126 Å². The second kappa shape index (κ2) is 42.5. The number of carbonyl (C=O) groups excluding carboxylic acids is 10. The van der Waals surface area contributed by atoms with Gasteiger partial charge in [-0.3, -0.25) is 47.9 Å². The standard InChI is InChI=1S/C22H34O13S6.C17H28O8S4/c23-15(1-36)30-9-21(10-31-16(24)2-37,11-32-17(25)3-38)7-29-8-22(12-33-18(26)4-39,13-34-19(27)5-40)14-35-20(28)6-41;18-13(1-5-26)22-9-17(10-23-14(19)2-6-27,11-24-15(20)3-7-28)12-25-16(21)4-8-29/h36-41H,1-14H2;26-29H,1-12H2. The summed E-state index contributed by atoms with van der Waals surface area (Å²) in [5, 5.41) is 0. The van der Waals surface area contributed by atoms with Gasteiger partial charge in [-0.15, -0.1) is 0 Å². The minimum absolute atomic E-state index is 0.0670. The third-order valence-corrected chi connectivity index (χ3v) is 10.7. The lowest BCUT2D eigenvalue weighted by molar-refractivity contribution is -0.174. The first kappa shape index (κ1) is 70.2. The Morgan fingerprint density at radius 3 is 0.514 bits per heavy atom. The van der Waals surface area contributed by atoms with Crippen molar-refractivity contribution in [3.05, 3.63) is 0 Å². The summed E-state index contributed by atoms with van der Waals surface area (Å²) in [5.41, 5.74) is -4.13. The summed E-state index contributed by atoms with van der Waals surface area (Å²) in [5.74, 6) is -6.89. The molecule has 0 aliphatic heterocycles. The number of thiol groups is 10. The highest BCUT2D eigenvalue weighted by atomic mass is 32.1. The maximum absolute atomic E-state index is 11.9. The highest BCUT2D eigenvalue weighted by Gasteiger charge is 2.41. The van der Waals surface area contributed by atoms with Crippen LogP contribution in [0, 0.1) is 16.2 Å². The minimum Gasteiger partial charge on any atom is -0.465 e. The van der Waals surface area contributed by atoms with E-state index < -0.39 is 116 Å². The van der Waals surface area contributed by atoms with Gasteiger partial charge in [0, 0.05) is 23.0 Å². The van der Waals surface area contributed by atoms with Gasteiger partial charge in [0.25, 0.3) is 0 Å². The monoisotopic (exact) mass is 1190 g/mol. The number of ether oxygens (including phenoxy) is 11. The molecule has 404 valence electrons. The van der Waals surface area contributed by atoms with Crippen molar-refractivity contribution in [2.24, 2.45) is 16.2 Å². The van der Waals surface area contributed by atoms with Crippen molar-refractivity contribution < 1.29 is 100 Å². The Bertz CT molecular complexity index is 1360. The van der Waals surface area contributed by atoms with E-state index in [9.17, 15) is 47.9 Å². The SMILES string of the molecule is O=C(CCS)OCC(COC(=O)CCS)(COC(=O)CCS)COC(=O)CCS.O=C(CS)OCC(COCC(COC(=O)CS)(COC(=O)CS)COC(=O)CS)(COC(=O)CS)COC(=O)CS. The summed E-state index contributed by atoms with van der Waals surface area (Å²) in [6.07, 6.45) is 0.268. The number of hydrogen-bond donors (Lipinski definition) is 10. The van der Waals surface area contributed by atoms with Crippen molar-refractivity contribution >= 4 is 186 Å². The maximum Gasteiger partial charge on any atom is 0.315 e. The van der Waals surface area contributed by atoms with E-state index in [1.165, 1.54) is 0 Å². The van der Waals surface area contributed by atoms with Crippen LogP contribution in [0.4, 0.5) is 0 Å². The van der Waals surface area contributed by atoms with Gasteiger partial charge in [-0.1, -0.05) is 0 Å². The molecule has 0 radical (unpaired) electrons. The Labute approximate surface area is 461 Å². The zero-order chi connectivity index (χ0) is 53.4. The molecule has 70 heavy (non-hydrogen) atoms. The predicted molar refractivity (Wildman–Crippen MR) is 285 cm³/mol. The number of hydrogen-bond acceptors (Lipinski definition) is 31. The number of carbonyl (C=O) groups is 10. The van der Waals surface area contributed by atoms with Gasteiger partial charge < -0.3 is 52.1 Å². The highest BCUT2D eigenvalue weighted by Crippen LogP contribution is 2.27. The zero-order valence-electron chi connectivity index (χ0n) is 37.9. The first-order chi connectivity index (χ1) is 33.3. The fourth-order valence-corrected chi connectivity index (χ4v) is 5.78. The maximum atomic E-state index is 11.9. The first-order valence-electron chi connectivity index (χ1n) is 20.5. The zero-order valence-corrected chi connectivity index (χ0v) is 46.9. The Balaban J connectivity index is 0. The molecule has 0 unspecified atom stereocenters. The predicted octanol–water partition coefficient (Wildman–Crippen LogP) is 1.24. The van der Waals surface area contributed by atoms with Crippen LogP contribution in [-0.2, 0) is 100 Å². The van der Waals surface area contributed by atoms with Gasteiger partial charge in [-0.05, 0) is 0 Å². The Kier molecular flexibility index (Phi) is 42.7. The smallest absolute Gasteiger partial charge is 0.315 e. The van der Waals surface area contributed by atoms with Crippen molar-refractivity contribution in [2.75, 3.05) is 137 Å². The molecule has 0 saturated carbocycles. The molecule has 0 spiro atoms. The second-order valence-electron chi connectivity index (χ2n) is 14.4. The average Bonchev–Trinajstić information content (AvgIpc) is 3.36. The molecule has 0 atom stereocenters. The van der Waals surface area contributed by atoms with E-state index >= 15 is 0 Å². The van der Waals surface area contributed by atoms with Crippen LogP contribution in [0.2, 0.25) is 0 Å². The van der Waals surface area contributed by atoms with Crippen molar-refractivity contribution in [3.63, 3.8) is 0 Å². The molecule has 0 fully saturated rings. The van der Waals surface area contributed by atoms with E-state index in [2.05, 4.69) is 126 Å². The van der Waals surface area contributed by atoms with Crippen LogP contribution >= 0.6 is 126 Å². The van der Waals surface area contributed by atoms with Gasteiger partial charge >= 0.3 is 59.7 Å². The normalized spacial score (nSPS) is 11.1. The molecule has 0 aromatic carbocycles. The summed E-state index contributed by atoms with van der Waals surface area (Å²) in [6, 6.07) is 0. The third kappa shape index (κ3) is 34.6. The first-order valence-corrected chi connectivity index (χ1v) is 26.8. The van der Waals surface area contributed by atoms with Crippen LogP contribution in [0.3, 0.4) is 0 Å². The molecular formula is C39H62O21S10. The van der Waals surface area contributed by atoms with Crippen LogP contribution in [0.15, 0.2) is 0 Å². The van der Waals surface area contributed by atoms with Crippen molar-refractivity contribution in [3.8, 4) is 0 Å². The summed E-state index contributed by atoms with van der Waals surface area (Å²) in [4.78, 5) is 118. The molecule has 0 aromatic heterocycles. The van der Waals surface area contributed by atoms with Crippen molar-refractivity contribution in [1.29, 1.82) is 0 Å². The summed E-state index contributed by atoms with van der Waals surface area (Å²) >= 11 is 39.0. The largest absolute Gasteiger partial charge is 0.465 e. The molecule has 0 aromatic rings. The molecule has 0 amide bonds. The van der Waals surface area contributed by atoms with Gasteiger partial charge in [-0.25, -0.2) is 0 Å². The number of rotatable bonds is 38. The van der Waals surface area contributed by atoms with Gasteiger partial charge in [0.2, 0.25) is 0 Å². The average molecular weight is 1190 g/mol. The van der Waals surface area contributed by atoms with Gasteiger partial charge in [0.05, 0.1) is 84.2 Å². The molecule has 0 saturated heterocycles. The fraction of sp³-hybridized carbons (Fsp3) is 0.744.